The molecular weight excluding hydrogens is 398 g/mol. The summed E-state index contributed by atoms with van der Waals surface area (Å²) in [4.78, 5) is 24.5. The summed E-state index contributed by atoms with van der Waals surface area (Å²) >= 11 is 5.97. The van der Waals surface area contributed by atoms with Crippen LogP contribution in [0.4, 0.5) is 11.5 Å². The number of fused-ring (bicyclic) bond motifs is 1. The summed E-state index contributed by atoms with van der Waals surface area (Å²) in [6, 6.07) is 11.8. The lowest BCUT2D eigenvalue weighted by Gasteiger charge is -2.38. The number of anilines is 2. The largest absolute Gasteiger partial charge is 0.368 e. The molecule has 1 aromatic carbocycles. The SMILES string of the molecule is O=C(Cc1ccc(Cl)cc1)N1CC[C@@]2(C1)Nc1cccnc1NC2=NC1CCCC1. The second-order valence-corrected chi connectivity index (χ2v) is 8.95. The van der Waals surface area contributed by atoms with Crippen LogP contribution in [0.15, 0.2) is 47.6 Å². The average Bonchev–Trinajstić information content (AvgIpc) is 3.41. The molecule has 2 N–H and O–H groups in total. The maximum atomic E-state index is 13.0. The fourth-order valence-corrected chi connectivity index (χ4v) is 4.86. The minimum absolute atomic E-state index is 0.133. The van der Waals surface area contributed by atoms with Gasteiger partial charge in [-0.3, -0.25) is 9.79 Å². The smallest absolute Gasteiger partial charge is 0.227 e. The molecule has 3 aliphatic rings. The topological polar surface area (TPSA) is 69.6 Å². The highest BCUT2D eigenvalue weighted by atomic mass is 35.5. The van der Waals surface area contributed by atoms with Gasteiger partial charge in [-0.15, -0.1) is 0 Å². The summed E-state index contributed by atoms with van der Waals surface area (Å²) < 4.78 is 0. The van der Waals surface area contributed by atoms with Gasteiger partial charge in [0, 0.05) is 17.8 Å². The third kappa shape index (κ3) is 3.76. The zero-order valence-electron chi connectivity index (χ0n) is 16.9. The van der Waals surface area contributed by atoms with Crippen LogP contribution in [0.25, 0.3) is 0 Å². The van der Waals surface area contributed by atoms with Crippen molar-refractivity contribution < 1.29 is 4.79 Å². The number of halogens is 1. The van der Waals surface area contributed by atoms with Crippen LogP contribution in [0.5, 0.6) is 0 Å². The maximum Gasteiger partial charge on any atom is 0.227 e. The Balaban J connectivity index is 1.38. The summed E-state index contributed by atoms with van der Waals surface area (Å²) in [5.74, 6) is 1.88. The molecule has 30 heavy (non-hydrogen) atoms. The number of likely N-dealkylation sites (tertiary alicyclic amines) is 1. The molecule has 1 aliphatic carbocycles. The molecule has 1 amide bonds. The zero-order chi connectivity index (χ0) is 20.6. The molecule has 0 unspecified atom stereocenters. The molecule has 0 radical (unpaired) electrons. The van der Waals surface area contributed by atoms with Gasteiger partial charge in [0.2, 0.25) is 5.91 Å². The Morgan fingerprint density at radius 1 is 1.23 bits per heavy atom. The summed E-state index contributed by atoms with van der Waals surface area (Å²) in [6.07, 6.45) is 7.74. The van der Waals surface area contributed by atoms with Crippen LogP contribution in [-0.2, 0) is 11.2 Å². The summed E-state index contributed by atoms with van der Waals surface area (Å²) in [7, 11) is 0. The molecule has 1 saturated heterocycles. The Kier molecular flexibility index (Phi) is 5.11. The number of amides is 1. The van der Waals surface area contributed by atoms with E-state index in [1.54, 1.807) is 6.20 Å². The van der Waals surface area contributed by atoms with Crippen LogP contribution in [0.3, 0.4) is 0 Å². The highest BCUT2D eigenvalue weighted by Gasteiger charge is 2.47. The van der Waals surface area contributed by atoms with Crippen LogP contribution in [0, 0.1) is 0 Å². The molecule has 1 saturated carbocycles. The monoisotopic (exact) mass is 423 g/mol. The van der Waals surface area contributed by atoms with E-state index in [4.69, 9.17) is 16.6 Å². The third-order valence-electron chi connectivity index (χ3n) is 6.40. The van der Waals surface area contributed by atoms with E-state index < -0.39 is 0 Å². The first-order valence-corrected chi connectivity index (χ1v) is 11.1. The van der Waals surface area contributed by atoms with E-state index >= 15 is 0 Å². The molecule has 1 atom stereocenters. The van der Waals surface area contributed by atoms with Gasteiger partial charge < -0.3 is 15.5 Å². The number of aliphatic imine (C=N–C) groups is 1. The van der Waals surface area contributed by atoms with Gasteiger partial charge in [0.1, 0.15) is 11.4 Å². The van der Waals surface area contributed by atoms with Crippen molar-refractivity contribution in [3.8, 4) is 0 Å². The Labute approximate surface area is 181 Å². The van der Waals surface area contributed by atoms with Gasteiger partial charge in [0.05, 0.1) is 24.7 Å². The Bertz CT molecular complexity index is 970. The molecule has 2 aromatic rings. The molecule has 7 heteroatoms. The van der Waals surface area contributed by atoms with Crippen molar-refractivity contribution in [2.75, 3.05) is 23.7 Å². The molecule has 3 heterocycles. The van der Waals surface area contributed by atoms with Crippen LogP contribution in [-0.4, -0.2) is 46.3 Å². The average molecular weight is 424 g/mol. The highest BCUT2D eigenvalue weighted by molar-refractivity contribution is 6.30. The number of pyridine rings is 1. The van der Waals surface area contributed by atoms with E-state index in [0.29, 0.717) is 30.6 Å². The van der Waals surface area contributed by atoms with Gasteiger partial charge >= 0.3 is 0 Å². The first-order chi connectivity index (χ1) is 14.6. The number of hydrogen-bond acceptors (Lipinski definition) is 4. The minimum atomic E-state index is -0.381. The van der Waals surface area contributed by atoms with Crippen molar-refractivity contribution in [2.24, 2.45) is 4.99 Å². The molecule has 156 valence electrons. The first-order valence-electron chi connectivity index (χ1n) is 10.7. The van der Waals surface area contributed by atoms with E-state index in [2.05, 4.69) is 15.6 Å². The van der Waals surface area contributed by atoms with Crippen LogP contribution < -0.4 is 10.6 Å². The second-order valence-electron chi connectivity index (χ2n) is 8.52. The highest BCUT2D eigenvalue weighted by Crippen LogP contribution is 2.36. The Morgan fingerprint density at radius 3 is 2.83 bits per heavy atom. The lowest BCUT2D eigenvalue weighted by molar-refractivity contribution is -0.129. The Morgan fingerprint density at radius 2 is 2.03 bits per heavy atom. The number of hydrogen-bond donors (Lipinski definition) is 2. The predicted octanol–water partition coefficient (Wildman–Crippen LogP) is 4.13. The van der Waals surface area contributed by atoms with E-state index in [0.717, 1.165) is 42.2 Å². The first kappa shape index (κ1) is 19.4. The van der Waals surface area contributed by atoms with Gasteiger partial charge in [-0.2, -0.15) is 0 Å². The van der Waals surface area contributed by atoms with E-state index in [1.807, 2.05) is 41.3 Å². The normalized spacial score (nSPS) is 24.7. The Hall–Kier alpha value is -2.60. The molecule has 2 fully saturated rings. The lowest BCUT2D eigenvalue weighted by atomic mass is 9.93. The van der Waals surface area contributed by atoms with Crippen LogP contribution >= 0.6 is 11.6 Å². The molecule has 6 nitrogen and oxygen atoms in total. The fraction of sp³-hybridized carbons (Fsp3) is 0.435. The number of carbonyl (C=O) groups excluding carboxylic acids is 1. The number of amidine groups is 1. The van der Waals surface area contributed by atoms with Gasteiger partial charge in [-0.05, 0) is 49.1 Å². The van der Waals surface area contributed by atoms with Gasteiger partial charge in [0.25, 0.3) is 0 Å². The molecular formula is C23H26ClN5O. The van der Waals surface area contributed by atoms with Crippen molar-refractivity contribution in [1.82, 2.24) is 9.88 Å². The minimum Gasteiger partial charge on any atom is -0.368 e. The third-order valence-corrected chi connectivity index (χ3v) is 6.65. The summed E-state index contributed by atoms with van der Waals surface area (Å²) in [5.41, 5.74) is 1.57. The van der Waals surface area contributed by atoms with Crippen LogP contribution in [0.1, 0.15) is 37.7 Å². The van der Waals surface area contributed by atoms with Crippen molar-refractivity contribution >= 4 is 34.8 Å². The number of rotatable bonds is 3. The van der Waals surface area contributed by atoms with E-state index in [-0.39, 0.29) is 11.4 Å². The molecule has 5 rings (SSSR count). The summed E-state index contributed by atoms with van der Waals surface area (Å²) in [6.45, 7) is 1.31. The fourth-order valence-electron chi connectivity index (χ4n) is 4.73. The van der Waals surface area contributed by atoms with Crippen molar-refractivity contribution in [3.63, 3.8) is 0 Å². The lowest BCUT2D eigenvalue weighted by Crippen LogP contribution is -2.55. The number of nitrogens with one attached hydrogen (secondary N) is 2. The molecule has 2 aliphatic heterocycles. The zero-order valence-corrected chi connectivity index (χ0v) is 17.7. The quantitative estimate of drug-likeness (QED) is 0.778. The second kappa shape index (κ2) is 7.91. The number of aromatic nitrogens is 1. The van der Waals surface area contributed by atoms with Crippen molar-refractivity contribution in [1.29, 1.82) is 0 Å². The standard InChI is InChI=1S/C23H26ClN5O/c24-17-9-7-16(8-10-17)14-20(30)29-13-11-23(15-29)22(26-18-4-1-2-5-18)27-21-19(28-23)6-3-12-25-21/h3,6-10,12,18,28H,1-2,4-5,11,13-15H2,(H,25,26,27)/t23-/m0/s1. The van der Waals surface area contributed by atoms with Gasteiger partial charge in [-0.1, -0.05) is 36.6 Å². The van der Waals surface area contributed by atoms with Crippen molar-refractivity contribution in [2.45, 2.75) is 50.1 Å². The molecule has 0 bridgehead atoms. The number of carbonyl (C=O) groups is 1. The molecule has 1 aromatic heterocycles. The van der Waals surface area contributed by atoms with Gasteiger partial charge in [0.15, 0.2) is 5.82 Å². The van der Waals surface area contributed by atoms with E-state index in [1.165, 1.54) is 12.8 Å². The van der Waals surface area contributed by atoms with Crippen molar-refractivity contribution in [3.05, 3.63) is 53.2 Å². The summed E-state index contributed by atoms with van der Waals surface area (Å²) in [5, 5.41) is 7.87. The predicted molar refractivity (Wildman–Crippen MR) is 120 cm³/mol. The maximum absolute atomic E-state index is 13.0. The van der Waals surface area contributed by atoms with Crippen LogP contribution in [0.2, 0.25) is 5.02 Å². The molecule has 1 spiro atoms. The van der Waals surface area contributed by atoms with Gasteiger partial charge in [-0.25, -0.2) is 4.98 Å². The number of nitrogens with zero attached hydrogens (tertiary/aromatic N) is 3. The number of benzene rings is 1. The van der Waals surface area contributed by atoms with E-state index in [9.17, 15) is 4.79 Å².